The number of hydrogen-bond donors (Lipinski definition) is 1. The van der Waals surface area contributed by atoms with Crippen molar-refractivity contribution in [2.24, 2.45) is 0 Å². The summed E-state index contributed by atoms with van der Waals surface area (Å²) in [6.07, 6.45) is 0. The van der Waals surface area contributed by atoms with E-state index in [1.54, 1.807) is 7.11 Å². The van der Waals surface area contributed by atoms with Gasteiger partial charge in [0.2, 0.25) is 5.89 Å². The third-order valence-corrected chi connectivity index (χ3v) is 3.82. The first kappa shape index (κ1) is 16.1. The molecule has 5 heteroatoms. The molecule has 0 fully saturated rings. The lowest BCUT2D eigenvalue weighted by molar-refractivity contribution is 0.413. The molecule has 1 heterocycles. The summed E-state index contributed by atoms with van der Waals surface area (Å²) in [5.74, 6) is 2.15. The van der Waals surface area contributed by atoms with Crippen molar-refractivity contribution < 1.29 is 9.15 Å². The zero-order chi connectivity index (χ0) is 16.9. The topological polar surface area (TPSA) is 60.2 Å². The molecule has 0 spiro atoms. The van der Waals surface area contributed by atoms with Crippen LogP contribution >= 0.6 is 0 Å². The van der Waals surface area contributed by atoms with E-state index in [2.05, 4.69) is 41.5 Å². The molecule has 0 radical (unpaired) electrons. The maximum Gasteiger partial charge on any atom is 0.251 e. The zero-order valence-electron chi connectivity index (χ0n) is 14.1. The Morgan fingerprint density at radius 2 is 1.79 bits per heavy atom. The van der Waals surface area contributed by atoms with Gasteiger partial charge in [-0.1, -0.05) is 44.2 Å². The molecule has 124 valence electrons. The zero-order valence-corrected chi connectivity index (χ0v) is 14.1. The van der Waals surface area contributed by atoms with Gasteiger partial charge in [-0.3, -0.25) is 0 Å². The van der Waals surface area contributed by atoms with E-state index in [1.807, 2.05) is 36.4 Å². The Morgan fingerprint density at radius 1 is 1.04 bits per heavy atom. The van der Waals surface area contributed by atoms with Crippen LogP contribution in [0.3, 0.4) is 0 Å². The van der Waals surface area contributed by atoms with Gasteiger partial charge in [-0.2, -0.15) is 0 Å². The predicted molar refractivity (Wildman–Crippen MR) is 94.1 cm³/mol. The number of nitrogens with one attached hydrogen (secondary N) is 1. The molecule has 0 saturated heterocycles. The molecule has 0 aliphatic heterocycles. The lowest BCUT2D eigenvalue weighted by atomic mass is 10.0. The molecule has 0 unspecified atom stereocenters. The molecule has 0 aliphatic rings. The van der Waals surface area contributed by atoms with Gasteiger partial charge in [0.05, 0.1) is 19.2 Å². The van der Waals surface area contributed by atoms with E-state index in [0.717, 1.165) is 11.3 Å². The van der Waals surface area contributed by atoms with Crippen molar-refractivity contribution in [1.82, 2.24) is 10.2 Å². The maximum absolute atomic E-state index is 5.77. The number of rotatable bonds is 6. The number of nitrogens with zero attached hydrogens (tertiary/aromatic N) is 2. The highest BCUT2D eigenvalue weighted by Gasteiger charge is 2.13. The van der Waals surface area contributed by atoms with E-state index in [0.29, 0.717) is 30.0 Å². The quantitative estimate of drug-likeness (QED) is 0.724. The molecule has 2 aromatic carbocycles. The molecule has 24 heavy (non-hydrogen) atoms. The second kappa shape index (κ2) is 7.17. The second-order valence-corrected chi connectivity index (χ2v) is 5.80. The largest absolute Gasteiger partial charge is 0.496 e. The Morgan fingerprint density at radius 3 is 2.58 bits per heavy atom. The fourth-order valence-electron chi connectivity index (χ4n) is 2.59. The highest BCUT2D eigenvalue weighted by Crippen LogP contribution is 2.29. The average molecular weight is 323 g/mol. The fraction of sp³-hybridized carbons (Fsp3) is 0.263. The minimum Gasteiger partial charge on any atom is -0.496 e. The Balaban J connectivity index is 1.76. The van der Waals surface area contributed by atoms with Crippen LogP contribution in [0.2, 0.25) is 0 Å². The predicted octanol–water partition coefficient (Wildman–Crippen LogP) is 4.48. The van der Waals surface area contributed by atoms with Crippen LogP contribution in [0.5, 0.6) is 5.75 Å². The molecule has 5 nitrogen and oxygen atoms in total. The summed E-state index contributed by atoms with van der Waals surface area (Å²) in [5, 5.41) is 11.6. The molecule has 1 aromatic heterocycles. The van der Waals surface area contributed by atoms with Crippen molar-refractivity contribution in [2.45, 2.75) is 26.3 Å². The molecular weight excluding hydrogens is 302 g/mol. The van der Waals surface area contributed by atoms with Crippen LogP contribution in [-0.4, -0.2) is 17.3 Å². The van der Waals surface area contributed by atoms with E-state index in [9.17, 15) is 0 Å². The number of hydrogen-bond acceptors (Lipinski definition) is 5. The van der Waals surface area contributed by atoms with Crippen LogP contribution in [0.4, 0.5) is 5.69 Å². The van der Waals surface area contributed by atoms with E-state index < -0.39 is 0 Å². The van der Waals surface area contributed by atoms with Crippen LogP contribution in [0.15, 0.2) is 52.9 Å². The van der Waals surface area contributed by atoms with Crippen molar-refractivity contribution in [3.8, 4) is 17.2 Å². The van der Waals surface area contributed by atoms with Gasteiger partial charge in [0, 0.05) is 5.69 Å². The lowest BCUT2D eigenvalue weighted by Crippen LogP contribution is -2.03. The van der Waals surface area contributed by atoms with Crippen molar-refractivity contribution in [2.75, 3.05) is 12.4 Å². The summed E-state index contributed by atoms with van der Waals surface area (Å²) in [7, 11) is 1.63. The number of para-hydroxylation sites is 2. The van der Waals surface area contributed by atoms with E-state index >= 15 is 0 Å². The highest BCUT2D eigenvalue weighted by molar-refractivity contribution is 5.62. The van der Waals surface area contributed by atoms with E-state index in [-0.39, 0.29) is 0 Å². The number of ether oxygens (including phenoxy) is 1. The van der Waals surface area contributed by atoms with Crippen LogP contribution in [0.1, 0.15) is 31.2 Å². The highest BCUT2D eigenvalue weighted by atomic mass is 16.5. The first-order valence-electron chi connectivity index (χ1n) is 7.97. The normalized spacial score (nSPS) is 10.8. The molecule has 0 bridgehead atoms. The summed E-state index contributed by atoms with van der Waals surface area (Å²) in [5.41, 5.74) is 3.15. The summed E-state index contributed by atoms with van der Waals surface area (Å²) < 4.78 is 11.1. The summed E-state index contributed by atoms with van der Waals surface area (Å²) in [6.45, 7) is 4.83. The van der Waals surface area contributed by atoms with Crippen LogP contribution < -0.4 is 10.1 Å². The minimum atomic E-state index is 0.445. The third-order valence-electron chi connectivity index (χ3n) is 3.82. The molecule has 3 rings (SSSR count). The Hall–Kier alpha value is -2.82. The molecular formula is C19H21N3O2. The van der Waals surface area contributed by atoms with Gasteiger partial charge >= 0.3 is 0 Å². The molecule has 0 amide bonds. The second-order valence-electron chi connectivity index (χ2n) is 5.80. The SMILES string of the molecule is COc1ccccc1-c1nnc(CNc2ccccc2C(C)C)o1. The Labute approximate surface area is 141 Å². The first-order valence-corrected chi connectivity index (χ1v) is 7.97. The van der Waals surface area contributed by atoms with Crippen LogP contribution in [0, 0.1) is 0 Å². The summed E-state index contributed by atoms with van der Waals surface area (Å²) in [4.78, 5) is 0. The van der Waals surface area contributed by atoms with Gasteiger partial charge in [-0.25, -0.2) is 0 Å². The van der Waals surface area contributed by atoms with E-state index in [4.69, 9.17) is 9.15 Å². The van der Waals surface area contributed by atoms with Crippen LogP contribution in [0.25, 0.3) is 11.5 Å². The summed E-state index contributed by atoms with van der Waals surface area (Å²) >= 11 is 0. The monoisotopic (exact) mass is 323 g/mol. The summed E-state index contributed by atoms with van der Waals surface area (Å²) in [6, 6.07) is 15.8. The number of anilines is 1. The Kier molecular flexibility index (Phi) is 4.79. The van der Waals surface area contributed by atoms with Crippen molar-refractivity contribution in [1.29, 1.82) is 0 Å². The van der Waals surface area contributed by atoms with Crippen molar-refractivity contribution in [3.63, 3.8) is 0 Å². The van der Waals surface area contributed by atoms with Crippen molar-refractivity contribution >= 4 is 5.69 Å². The molecule has 1 N–H and O–H groups in total. The van der Waals surface area contributed by atoms with E-state index in [1.165, 1.54) is 5.56 Å². The van der Waals surface area contributed by atoms with Gasteiger partial charge < -0.3 is 14.5 Å². The molecule has 0 saturated carbocycles. The van der Waals surface area contributed by atoms with Crippen LogP contribution in [-0.2, 0) is 6.54 Å². The van der Waals surface area contributed by atoms with Crippen molar-refractivity contribution in [3.05, 3.63) is 60.0 Å². The molecule has 0 atom stereocenters. The van der Waals surface area contributed by atoms with Gasteiger partial charge in [0.25, 0.3) is 5.89 Å². The maximum atomic E-state index is 5.77. The molecule has 3 aromatic rings. The smallest absolute Gasteiger partial charge is 0.251 e. The van der Waals surface area contributed by atoms with Gasteiger partial charge in [0.1, 0.15) is 5.75 Å². The number of benzene rings is 2. The minimum absolute atomic E-state index is 0.445. The fourth-order valence-corrected chi connectivity index (χ4v) is 2.59. The van der Waals surface area contributed by atoms with Gasteiger partial charge in [-0.05, 0) is 29.7 Å². The molecule has 0 aliphatic carbocycles. The number of methoxy groups -OCH3 is 1. The average Bonchev–Trinajstić information content (AvgIpc) is 3.09. The lowest BCUT2D eigenvalue weighted by Gasteiger charge is -2.13. The first-order chi connectivity index (χ1) is 11.7. The van der Waals surface area contributed by atoms with Gasteiger partial charge in [-0.15, -0.1) is 10.2 Å². The number of aromatic nitrogens is 2. The van der Waals surface area contributed by atoms with Gasteiger partial charge in [0.15, 0.2) is 0 Å². The Bertz CT molecular complexity index is 812. The standard InChI is InChI=1S/C19H21N3O2/c1-13(2)14-8-4-6-10-16(14)20-12-18-21-22-19(24-18)15-9-5-7-11-17(15)23-3/h4-11,13,20H,12H2,1-3H3. The third kappa shape index (κ3) is 3.40.